The van der Waals surface area contributed by atoms with E-state index in [4.69, 9.17) is 0 Å². The number of allylic oxidation sites excluding steroid dienone is 1. The Morgan fingerprint density at radius 3 is 1.73 bits per heavy atom. The van der Waals surface area contributed by atoms with Gasteiger partial charge in [0, 0.05) is 0 Å². The van der Waals surface area contributed by atoms with E-state index in [1.165, 1.54) is 38.6 Å². The Kier molecular flexibility index (Phi) is 9.00. The van der Waals surface area contributed by atoms with Gasteiger partial charge in [0.2, 0.25) is 0 Å². The van der Waals surface area contributed by atoms with Crippen LogP contribution in [0.15, 0.2) is 140 Å². The van der Waals surface area contributed by atoms with Crippen molar-refractivity contribution >= 4 is 57.9 Å². The molecule has 0 saturated carbocycles. The van der Waals surface area contributed by atoms with E-state index in [0.717, 1.165) is 0 Å². The predicted octanol–water partition coefficient (Wildman–Crippen LogP) is 10.5. The maximum Gasteiger partial charge on any atom is -0.147 e. The van der Waals surface area contributed by atoms with Crippen LogP contribution in [-0.4, -0.2) is 5.43 Å². The summed E-state index contributed by atoms with van der Waals surface area (Å²) in [6, 6.07) is 53.3. The first-order valence-corrected chi connectivity index (χ1v) is 23.5. The van der Waals surface area contributed by atoms with Gasteiger partial charge in [-0.25, -0.2) is 0 Å². The number of aryl methyl sites for hydroxylation is 1. The van der Waals surface area contributed by atoms with E-state index in [-0.39, 0.29) is 24.8 Å². The normalized spacial score (nSPS) is 15.3. The van der Waals surface area contributed by atoms with Crippen LogP contribution >= 0.6 is 24.8 Å². The molecule has 2 aliphatic carbocycles. The summed E-state index contributed by atoms with van der Waals surface area (Å²) in [5, 5.41) is 4.36. The van der Waals surface area contributed by atoms with Crippen molar-refractivity contribution in [3.05, 3.63) is 173 Å². The number of hydrogen-bond acceptors (Lipinski definition) is 0. The van der Waals surface area contributed by atoms with Crippen molar-refractivity contribution in [2.75, 3.05) is 0 Å². The molecule has 0 aliphatic heterocycles. The standard InChI is InChI=1S/C20H15.C13H9.C7H8Si.2ClH.Zr/c1-14-10-11-19(20-9-5-4-8-18(14)20)17-12-15-6-2-3-7-16(15)13-17;1-3-7-12-10(5-1)9-11-6-2-4-8-13(11)12;1-8-7-5-3-2-4-6-7;;;/h2-13H,1H3;1-9H;2-6H,1H3;2*1H;. The average molecular weight is 705 g/mol. The van der Waals surface area contributed by atoms with Crippen molar-refractivity contribution in [3.8, 4) is 11.1 Å². The van der Waals surface area contributed by atoms with Crippen LogP contribution in [0.25, 0.3) is 33.5 Å². The van der Waals surface area contributed by atoms with Gasteiger partial charge in [-0.1, -0.05) is 0 Å². The molecule has 0 heterocycles. The number of fused-ring (bicyclic) bond motifs is 5. The number of hydrogen-bond donors (Lipinski definition) is 0. The molecule has 0 radical (unpaired) electrons. The monoisotopic (exact) mass is 702 g/mol. The summed E-state index contributed by atoms with van der Waals surface area (Å²) in [5.41, 5.74) is 12.5. The zero-order chi connectivity index (χ0) is 28.2. The first kappa shape index (κ1) is 31.0. The van der Waals surface area contributed by atoms with Crippen LogP contribution in [0.1, 0.15) is 40.6 Å². The van der Waals surface area contributed by atoms with Crippen molar-refractivity contribution in [1.29, 1.82) is 0 Å². The van der Waals surface area contributed by atoms with Gasteiger partial charge in [0.15, 0.2) is 0 Å². The summed E-state index contributed by atoms with van der Waals surface area (Å²) in [5.74, 6) is 0. The number of halogens is 2. The molecule has 0 nitrogen and oxygen atoms in total. The van der Waals surface area contributed by atoms with Gasteiger partial charge in [-0.05, 0) is 0 Å². The second-order valence-electron chi connectivity index (χ2n) is 11.7. The van der Waals surface area contributed by atoms with Gasteiger partial charge in [-0.2, -0.15) is 0 Å². The van der Waals surface area contributed by atoms with E-state index in [0.29, 0.717) is 7.25 Å². The smallest absolute Gasteiger partial charge is 0.147 e. The van der Waals surface area contributed by atoms with Crippen LogP contribution in [0.3, 0.4) is 0 Å². The van der Waals surface area contributed by atoms with Crippen LogP contribution in [0.2, 0.25) is 6.55 Å². The predicted molar refractivity (Wildman–Crippen MR) is 192 cm³/mol. The minimum atomic E-state index is -2.52. The van der Waals surface area contributed by atoms with Gasteiger partial charge in [0.25, 0.3) is 0 Å². The summed E-state index contributed by atoms with van der Waals surface area (Å²) >= 11 is -2.52. The zero-order valence-electron chi connectivity index (χ0n) is 24.8. The third kappa shape index (κ3) is 5.01. The molecule has 4 heteroatoms. The van der Waals surface area contributed by atoms with Crippen LogP contribution in [0, 0.1) is 6.92 Å². The van der Waals surface area contributed by atoms with Crippen LogP contribution < -0.4 is 5.19 Å². The van der Waals surface area contributed by atoms with E-state index < -0.39 is 25.8 Å². The molecule has 0 amide bonds. The summed E-state index contributed by atoms with van der Waals surface area (Å²) in [6.07, 6.45) is 2.56. The third-order valence-electron chi connectivity index (χ3n) is 9.48. The molecule has 0 fully saturated rings. The first-order chi connectivity index (χ1) is 20.7. The van der Waals surface area contributed by atoms with Gasteiger partial charge in [0.1, 0.15) is 0 Å². The molecule has 2 aliphatic rings. The summed E-state index contributed by atoms with van der Waals surface area (Å²) in [4.78, 5) is 0. The topological polar surface area (TPSA) is 0 Å². The molecule has 0 N–H and O–H groups in total. The maximum absolute atomic E-state index is 2.66. The van der Waals surface area contributed by atoms with Gasteiger partial charge >= 0.3 is 258 Å². The van der Waals surface area contributed by atoms with Gasteiger partial charge in [-0.3, -0.25) is 0 Å². The maximum atomic E-state index is 2.66. The van der Waals surface area contributed by atoms with E-state index in [9.17, 15) is 0 Å². The molecule has 6 aromatic rings. The van der Waals surface area contributed by atoms with Gasteiger partial charge in [0.05, 0.1) is 0 Å². The van der Waals surface area contributed by atoms with E-state index >= 15 is 0 Å². The second-order valence-corrected chi connectivity index (χ2v) is 27.5. The quantitative estimate of drug-likeness (QED) is 0.160. The SMILES string of the molecule is Cc1ccc(C2=Cc3ccccc3[CH]2/[Zr]([CH]2c3ccccc3-c3ccccc32)=[Si](\C)c2ccccc2)c2ccccc12.Cl.Cl. The Hall–Kier alpha value is -3.00. The molecule has 0 spiro atoms. The Morgan fingerprint density at radius 2 is 1.05 bits per heavy atom. The average Bonchev–Trinajstić information content (AvgIpc) is 3.59. The van der Waals surface area contributed by atoms with E-state index in [1.807, 2.05) is 0 Å². The Morgan fingerprint density at radius 1 is 0.500 bits per heavy atom. The minimum Gasteiger partial charge on any atom is -0.147 e. The Balaban J connectivity index is 0.00000171. The summed E-state index contributed by atoms with van der Waals surface area (Å²) < 4.78 is 1.01. The van der Waals surface area contributed by atoms with Crippen molar-refractivity contribution in [3.63, 3.8) is 0 Å². The third-order valence-corrected chi connectivity index (χ3v) is 29.6. The Labute approximate surface area is 280 Å². The van der Waals surface area contributed by atoms with E-state index in [2.05, 4.69) is 159 Å². The van der Waals surface area contributed by atoms with Crippen molar-refractivity contribution in [2.24, 2.45) is 0 Å². The first-order valence-electron chi connectivity index (χ1n) is 14.9. The van der Waals surface area contributed by atoms with Crippen molar-refractivity contribution < 1.29 is 20.4 Å². The molecule has 1 unspecified atom stereocenters. The molecule has 1 atom stereocenters. The van der Waals surface area contributed by atoms with Crippen LogP contribution in [0.4, 0.5) is 0 Å². The number of benzene rings is 6. The van der Waals surface area contributed by atoms with Crippen molar-refractivity contribution in [2.45, 2.75) is 20.7 Å². The molecular formula is C40H34Cl2SiZr. The molecule has 0 saturated heterocycles. The molecule has 0 bridgehead atoms. The van der Waals surface area contributed by atoms with Gasteiger partial charge in [-0.15, -0.1) is 24.8 Å². The molecule has 0 aromatic heterocycles. The summed E-state index contributed by atoms with van der Waals surface area (Å²) in [7, 11) is 0. The molecule has 6 aromatic carbocycles. The number of rotatable bonds is 4. The molecule has 44 heavy (non-hydrogen) atoms. The fourth-order valence-electron chi connectivity index (χ4n) is 7.54. The Bertz CT molecular complexity index is 2030. The van der Waals surface area contributed by atoms with Crippen LogP contribution in [-0.2, 0) is 20.4 Å². The summed E-state index contributed by atoms with van der Waals surface area (Å²) in [6.45, 7) is 4.90. The van der Waals surface area contributed by atoms with Crippen molar-refractivity contribution in [1.82, 2.24) is 0 Å². The second kappa shape index (κ2) is 12.8. The van der Waals surface area contributed by atoms with Crippen LogP contribution in [0.5, 0.6) is 0 Å². The fraction of sp³-hybridized carbons (Fsp3) is 0.100. The van der Waals surface area contributed by atoms with E-state index in [1.54, 1.807) is 27.5 Å². The molecule has 8 rings (SSSR count). The largest absolute Gasteiger partial charge is 0.147 e. The van der Waals surface area contributed by atoms with Gasteiger partial charge < -0.3 is 0 Å². The molecular weight excluding hydrogens is 671 g/mol. The zero-order valence-corrected chi connectivity index (χ0v) is 29.9. The minimum absolute atomic E-state index is 0. The molecule has 216 valence electrons. The fourth-order valence-corrected chi connectivity index (χ4v) is 29.8.